The van der Waals surface area contributed by atoms with Gasteiger partial charge in [-0.25, -0.2) is 4.39 Å². The molecule has 3 aromatic rings. The van der Waals surface area contributed by atoms with Crippen molar-refractivity contribution in [3.8, 4) is 28.0 Å². The average Bonchev–Trinajstić information content (AvgIpc) is 2.71. The molecule has 0 saturated carbocycles. The molecule has 3 rings (SSSR count). The van der Waals surface area contributed by atoms with E-state index in [9.17, 15) is 4.39 Å². The maximum atomic E-state index is 14.6. The molecule has 0 aliphatic heterocycles. The van der Waals surface area contributed by atoms with E-state index >= 15 is 0 Å². The van der Waals surface area contributed by atoms with Gasteiger partial charge in [-0.05, 0) is 54.2 Å². The van der Waals surface area contributed by atoms with Gasteiger partial charge in [-0.1, -0.05) is 66.2 Å². The number of ether oxygens (including phenoxy) is 1. The van der Waals surface area contributed by atoms with E-state index < -0.39 is 5.82 Å². The predicted octanol–water partition coefficient (Wildman–Crippen LogP) is 7.33. The van der Waals surface area contributed by atoms with Crippen LogP contribution in [0.2, 0.25) is 5.02 Å². The lowest BCUT2D eigenvalue weighted by Gasteiger charge is -2.11. The average molecular weight is 381 g/mol. The van der Waals surface area contributed by atoms with Crippen LogP contribution in [0.5, 0.6) is 5.75 Å². The topological polar surface area (TPSA) is 9.23 Å². The first-order chi connectivity index (χ1) is 13.1. The molecule has 0 amide bonds. The fourth-order valence-corrected chi connectivity index (χ4v) is 3.22. The molecule has 3 aromatic carbocycles. The van der Waals surface area contributed by atoms with E-state index in [0.29, 0.717) is 17.9 Å². The molecule has 0 bridgehead atoms. The fourth-order valence-electron chi connectivity index (χ4n) is 3.00. The highest BCUT2D eigenvalue weighted by molar-refractivity contribution is 6.32. The molecule has 1 nitrogen and oxygen atoms in total. The maximum Gasteiger partial charge on any atom is 0.153 e. The number of benzene rings is 3. The first-order valence-corrected chi connectivity index (χ1v) is 9.43. The summed E-state index contributed by atoms with van der Waals surface area (Å²) < 4.78 is 20.0. The van der Waals surface area contributed by atoms with Crippen LogP contribution < -0.4 is 4.74 Å². The maximum absolute atomic E-state index is 14.6. The third kappa shape index (κ3) is 4.40. The van der Waals surface area contributed by atoms with Crippen LogP contribution in [0.25, 0.3) is 22.3 Å². The zero-order valence-corrected chi connectivity index (χ0v) is 16.1. The van der Waals surface area contributed by atoms with Crippen LogP contribution in [-0.4, -0.2) is 6.61 Å². The van der Waals surface area contributed by atoms with E-state index in [1.54, 1.807) is 12.1 Å². The lowest BCUT2D eigenvalue weighted by atomic mass is 9.98. The molecule has 0 unspecified atom stereocenters. The van der Waals surface area contributed by atoms with E-state index in [4.69, 9.17) is 16.3 Å². The third-order valence-electron chi connectivity index (χ3n) is 4.47. The van der Waals surface area contributed by atoms with Crippen molar-refractivity contribution in [2.24, 2.45) is 0 Å². The summed E-state index contributed by atoms with van der Waals surface area (Å²) in [5.74, 6) is -0.0875. The van der Waals surface area contributed by atoms with Crippen LogP contribution in [0.3, 0.4) is 0 Å². The van der Waals surface area contributed by atoms with Crippen molar-refractivity contribution in [2.45, 2.75) is 19.8 Å². The molecule has 0 radical (unpaired) electrons. The van der Waals surface area contributed by atoms with E-state index in [-0.39, 0.29) is 5.02 Å². The molecule has 0 aliphatic carbocycles. The lowest BCUT2D eigenvalue weighted by Crippen LogP contribution is -1.95. The van der Waals surface area contributed by atoms with Crippen molar-refractivity contribution >= 4 is 11.6 Å². The summed E-state index contributed by atoms with van der Waals surface area (Å²) in [5, 5.41) is 0.0218. The number of hydrogen-bond donors (Lipinski definition) is 0. The summed E-state index contributed by atoms with van der Waals surface area (Å²) in [5.41, 5.74) is 4.76. The first kappa shape index (κ1) is 19.2. The Morgan fingerprint density at radius 2 is 1.52 bits per heavy atom. The first-order valence-electron chi connectivity index (χ1n) is 9.05. The highest BCUT2D eigenvalue weighted by Gasteiger charge is 2.14. The van der Waals surface area contributed by atoms with Crippen LogP contribution in [0, 0.1) is 5.82 Å². The summed E-state index contributed by atoms with van der Waals surface area (Å²) in [6.45, 7) is 6.04. The van der Waals surface area contributed by atoms with Gasteiger partial charge in [0.25, 0.3) is 0 Å². The van der Waals surface area contributed by atoms with Gasteiger partial charge in [0.1, 0.15) is 10.8 Å². The number of aryl methyl sites for hydroxylation is 1. The minimum Gasteiger partial charge on any atom is -0.492 e. The second-order valence-corrected chi connectivity index (χ2v) is 6.65. The molecular formula is C24H22ClFO. The fraction of sp³-hybridized carbons (Fsp3) is 0.167. The van der Waals surface area contributed by atoms with Crippen LogP contribution >= 0.6 is 11.6 Å². The summed E-state index contributed by atoms with van der Waals surface area (Å²) >= 11 is 6.10. The molecule has 0 spiro atoms. The number of allylic oxidation sites excluding steroid dienone is 1. The summed E-state index contributed by atoms with van der Waals surface area (Å²) in [4.78, 5) is 0. The molecule has 0 fully saturated rings. The molecule has 0 N–H and O–H groups in total. The van der Waals surface area contributed by atoms with Crippen LogP contribution in [-0.2, 0) is 6.42 Å². The Bertz CT molecular complexity index is 914. The molecule has 0 heterocycles. The van der Waals surface area contributed by atoms with Crippen molar-refractivity contribution in [3.05, 3.63) is 89.7 Å². The van der Waals surface area contributed by atoms with E-state index in [1.807, 2.05) is 37.3 Å². The van der Waals surface area contributed by atoms with Crippen molar-refractivity contribution in [2.75, 3.05) is 6.61 Å². The van der Waals surface area contributed by atoms with Crippen LogP contribution in [0.15, 0.2) is 73.3 Å². The van der Waals surface area contributed by atoms with Crippen molar-refractivity contribution in [1.82, 2.24) is 0 Å². The normalized spacial score (nSPS) is 10.6. The minimum absolute atomic E-state index is 0.0218. The van der Waals surface area contributed by atoms with Gasteiger partial charge in [0.15, 0.2) is 5.82 Å². The Hall–Kier alpha value is -2.58. The van der Waals surface area contributed by atoms with Crippen molar-refractivity contribution in [3.63, 3.8) is 0 Å². The SMILES string of the molecule is C=CCCc1ccc(-c2ccc(-c3ccc(OCC)c(Cl)c3F)cc2)cc1. The quantitative estimate of drug-likeness (QED) is 0.390. The Labute approximate surface area is 165 Å². The van der Waals surface area contributed by atoms with Gasteiger partial charge in [-0.15, -0.1) is 6.58 Å². The van der Waals surface area contributed by atoms with Gasteiger partial charge < -0.3 is 4.74 Å². The minimum atomic E-state index is -0.457. The largest absolute Gasteiger partial charge is 0.492 e. The van der Waals surface area contributed by atoms with Gasteiger partial charge in [0.2, 0.25) is 0 Å². The number of rotatable bonds is 7. The van der Waals surface area contributed by atoms with Crippen molar-refractivity contribution < 1.29 is 9.13 Å². The highest BCUT2D eigenvalue weighted by atomic mass is 35.5. The molecule has 3 heteroatoms. The van der Waals surface area contributed by atoms with Gasteiger partial charge in [0, 0.05) is 5.56 Å². The molecule has 27 heavy (non-hydrogen) atoms. The molecule has 0 aromatic heterocycles. The van der Waals surface area contributed by atoms with Crippen LogP contribution in [0.4, 0.5) is 4.39 Å². The molecule has 0 aliphatic rings. The Morgan fingerprint density at radius 1 is 0.926 bits per heavy atom. The van der Waals surface area contributed by atoms with Gasteiger partial charge in [-0.3, -0.25) is 0 Å². The predicted molar refractivity (Wildman–Crippen MR) is 112 cm³/mol. The van der Waals surface area contributed by atoms with Gasteiger partial charge in [-0.2, -0.15) is 0 Å². The van der Waals surface area contributed by atoms with E-state index in [1.165, 1.54) is 5.56 Å². The Morgan fingerprint density at radius 3 is 2.11 bits per heavy atom. The second-order valence-electron chi connectivity index (χ2n) is 6.27. The zero-order valence-electron chi connectivity index (χ0n) is 15.3. The summed E-state index contributed by atoms with van der Waals surface area (Å²) in [6, 6.07) is 19.7. The van der Waals surface area contributed by atoms with Gasteiger partial charge in [0.05, 0.1) is 6.61 Å². The number of halogens is 2. The lowest BCUT2D eigenvalue weighted by molar-refractivity contribution is 0.338. The van der Waals surface area contributed by atoms with Crippen molar-refractivity contribution in [1.29, 1.82) is 0 Å². The number of hydrogen-bond acceptors (Lipinski definition) is 1. The monoisotopic (exact) mass is 380 g/mol. The molecule has 0 saturated heterocycles. The Balaban J connectivity index is 1.83. The zero-order chi connectivity index (χ0) is 19.2. The third-order valence-corrected chi connectivity index (χ3v) is 4.82. The van der Waals surface area contributed by atoms with E-state index in [0.717, 1.165) is 29.5 Å². The summed E-state index contributed by atoms with van der Waals surface area (Å²) in [6.07, 6.45) is 3.91. The van der Waals surface area contributed by atoms with Crippen LogP contribution in [0.1, 0.15) is 18.9 Å². The van der Waals surface area contributed by atoms with Gasteiger partial charge >= 0.3 is 0 Å². The standard InChI is InChI=1S/C24H22ClFO/c1-3-5-6-17-7-9-18(10-8-17)19-11-13-20(14-12-19)21-15-16-22(27-4-2)23(25)24(21)26/h3,7-16H,1,4-6H2,2H3. The highest BCUT2D eigenvalue weighted by Crippen LogP contribution is 2.35. The second kappa shape index (κ2) is 8.88. The molecule has 138 valence electrons. The smallest absolute Gasteiger partial charge is 0.153 e. The van der Waals surface area contributed by atoms with E-state index in [2.05, 4.69) is 30.8 Å². The molecular weight excluding hydrogens is 359 g/mol. The Kier molecular flexibility index (Phi) is 6.31. The summed E-state index contributed by atoms with van der Waals surface area (Å²) in [7, 11) is 0. The molecule has 0 atom stereocenters.